The van der Waals surface area contributed by atoms with Crippen molar-refractivity contribution in [1.29, 1.82) is 0 Å². The number of rotatable bonds is 7. The molecule has 1 N–H and O–H groups in total. The fraction of sp³-hybridized carbons (Fsp3) is 0.294. The Morgan fingerprint density at radius 1 is 0.950 bits per heavy atom. The van der Waals surface area contributed by atoms with Gasteiger partial charge in [-0.3, -0.25) is 0 Å². The molecular formula is C17H21NO2. The zero-order valence-corrected chi connectivity index (χ0v) is 12.1. The standard InChI is InChI=1S/C17H21NO2/c1-14-3-7-16(8-4-14)18-11-12-20-13-15-5-9-17(19-2)10-6-15/h3-10,18H,11-13H2,1-2H3. The first kappa shape index (κ1) is 14.4. The van der Waals surface area contributed by atoms with Crippen molar-refractivity contribution in [2.75, 3.05) is 25.6 Å². The summed E-state index contributed by atoms with van der Waals surface area (Å²) < 4.78 is 10.8. The van der Waals surface area contributed by atoms with Crippen LogP contribution in [-0.2, 0) is 11.3 Å². The predicted octanol–water partition coefficient (Wildman–Crippen LogP) is 3.63. The minimum Gasteiger partial charge on any atom is -0.497 e. The topological polar surface area (TPSA) is 30.5 Å². The number of nitrogens with one attached hydrogen (secondary N) is 1. The van der Waals surface area contributed by atoms with Crippen LogP contribution < -0.4 is 10.1 Å². The third-order valence-corrected chi connectivity index (χ3v) is 3.05. The van der Waals surface area contributed by atoms with Crippen LogP contribution in [0.3, 0.4) is 0 Å². The molecule has 0 saturated carbocycles. The fourth-order valence-corrected chi connectivity index (χ4v) is 1.85. The summed E-state index contributed by atoms with van der Waals surface area (Å²) in [5.41, 5.74) is 3.55. The van der Waals surface area contributed by atoms with E-state index in [1.165, 1.54) is 5.56 Å². The molecule has 20 heavy (non-hydrogen) atoms. The van der Waals surface area contributed by atoms with Crippen LogP contribution in [-0.4, -0.2) is 20.3 Å². The van der Waals surface area contributed by atoms with Gasteiger partial charge in [0.2, 0.25) is 0 Å². The number of ether oxygens (including phenoxy) is 2. The van der Waals surface area contributed by atoms with Crippen molar-refractivity contribution in [3.8, 4) is 5.75 Å². The van der Waals surface area contributed by atoms with Gasteiger partial charge in [0.15, 0.2) is 0 Å². The Labute approximate surface area is 120 Å². The molecule has 0 atom stereocenters. The first-order valence-corrected chi connectivity index (χ1v) is 6.79. The van der Waals surface area contributed by atoms with Gasteiger partial charge in [0.1, 0.15) is 5.75 Å². The van der Waals surface area contributed by atoms with Crippen molar-refractivity contribution in [2.45, 2.75) is 13.5 Å². The molecule has 3 nitrogen and oxygen atoms in total. The first-order valence-electron chi connectivity index (χ1n) is 6.79. The van der Waals surface area contributed by atoms with Gasteiger partial charge in [-0.25, -0.2) is 0 Å². The number of hydrogen-bond acceptors (Lipinski definition) is 3. The van der Waals surface area contributed by atoms with Gasteiger partial charge < -0.3 is 14.8 Å². The molecule has 0 bridgehead atoms. The molecule has 0 heterocycles. The highest BCUT2D eigenvalue weighted by Crippen LogP contribution is 2.12. The third-order valence-electron chi connectivity index (χ3n) is 3.05. The lowest BCUT2D eigenvalue weighted by atomic mass is 10.2. The van der Waals surface area contributed by atoms with Crippen molar-refractivity contribution in [2.24, 2.45) is 0 Å². The molecule has 0 fully saturated rings. The van der Waals surface area contributed by atoms with Crippen LogP contribution in [0.15, 0.2) is 48.5 Å². The quantitative estimate of drug-likeness (QED) is 0.780. The first-order chi connectivity index (χ1) is 9.78. The van der Waals surface area contributed by atoms with Gasteiger partial charge in [-0.1, -0.05) is 29.8 Å². The highest BCUT2D eigenvalue weighted by atomic mass is 16.5. The summed E-state index contributed by atoms with van der Waals surface area (Å²) >= 11 is 0. The number of hydrogen-bond donors (Lipinski definition) is 1. The predicted molar refractivity (Wildman–Crippen MR) is 82.3 cm³/mol. The van der Waals surface area contributed by atoms with E-state index < -0.39 is 0 Å². The van der Waals surface area contributed by atoms with Gasteiger partial charge in [-0.15, -0.1) is 0 Å². The van der Waals surface area contributed by atoms with Gasteiger partial charge in [-0.05, 0) is 36.8 Å². The second-order valence-electron chi connectivity index (χ2n) is 4.69. The lowest BCUT2D eigenvalue weighted by Gasteiger charge is -2.08. The van der Waals surface area contributed by atoms with Gasteiger partial charge in [0, 0.05) is 12.2 Å². The molecule has 0 saturated heterocycles. The molecule has 2 rings (SSSR count). The van der Waals surface area contributed by atoms with Crippen molar-refractivity contribution in [1.82, 2.24) is 0 Å². The second kappa shape index (κ2) is 7.56. The summed E-state index contributed by atoms with van der Waals surface area (Å²) in [6, 6.07) is 16.3. The van der Waals surface area contributed by atoms with Crippen LogP contribution in [0.1, 0.15) is 11.1 Å². The van der Waals surface area contributed by atoms with E-state index in [9.17, 15) is 0 Å². The molecule has 0 unspecified atom stereocenters. The number of aryl methyl sites for hydroxylation is 1. The molecule has 0 radical (unpaired) electrons. The van der Waals surface area contributed by atoms with E-state index in [-0.39, 0.29) is 0 Å². The highest BCUT2D eigenvalue weighted by Gasteiger charge is 1.95. The summed E-state index contributed by atoms with van der Waals surface area (Å²) in [7, 11) is 1.67. The van der Waals surface area contributed by atoms with Gasteiger partial charge >= 0.3 is 0 Å². The van der Waals surface area contributed by atoms with Crippen LogP contribution in [0.4, 0.5) is 5.69 Å². The van der Waals surface area contributed by atoms with Crippen LogP contribution >= 0.6 is 0 Å². The van der Waals surface area contributed by atoms with E-state index in [4.69, 9.17) is 9.47 Å². The SMILES string of the molecule is COc1ccc(COCCNc2ccc(C)cc2)cc1. The van der Waals surface area contributed by atoms with Crippen molar-refractivity contribution >= 4 is 5.69 Å². The third kappa shape index (κ3) is 4.59. The van der Waals surface area contributed by atoms with Crippen molar-refractivity contribution < 1.29 is 9.47 Å². The molecule has 2 aromatic rings. The van der Waals surface area contributed by atoms with Gasteiger partial charge in [0.25, 0.3) is 0 Å². The lowest BCUT2D eigenvalue weighted by Crippen LogP contribution is -2.09. The maximum atomic E-state index is 5.64. The molecule has 0 aliphatic heterocycles. The Hall–Kier alpha value is -2.00. The molecule has 0 spiro atoms. The minimum absolute atomic E-state index is 0.625. The second-order valence-corrected chi connectivity index (χ2v) is 4.69. The Kier molecular flexibility index (Phi) is 5.44. The van der Waals surface area contributed by atoms with E-state index >= 15 is 0 Å². The van der Waals surface area contributed by atoms with E-state index in [2.05, 4.69) is 36.5 Å². The minimum atomic E-state index is 0.625. The average Bonchev–Trinajstić information content (AvgIpc) is 2.49. The maximum absolute atomic E-state index is 5.64. The number of anilines is 1. The Morgan fingerprint density at radius 2 is 1.65 bits per heavy atom. The molecule has 2 aromatic carbocycles. The van der Waals surface area contributed by atoms with E-state index in [0.717, 1.165) is 23.5 Å². The normalized spacial score (nSPS) is 10.3. The van der Waals surface area contributed by atoms with Crippen LogP contribution in [0.2, 0.25) is 0 Å². The Morgan fingerprint density at radius 3 is 2.30 bits per heavy atom. The Balaban J connectivity index is 1.64. The largest absolute Gasteiger partial charge is 0.497 e. The molecular weight excluding hydrogens is 250 g/mol. The summed E-state index contributed by atoms with van der Waals surface area (Å²) in [5.74, 6) is 0.870. The Bertz CT molecular complexity index is 506. The summed E-state index contributed by atoms with van der Waals surface area (Å²) in [4.78, 5) is 0. The summed E-state index contributed by atoms with van der Waals surface area (Å²) in [6.07, 6.45) is 0. The molecule has 106 valence electrons. The lowest BCUT2D eigenvalue weighted by molar-refractivity contribution is 0.130. The maximum Gasteiger partial charge on any atom is 0.118 e. The smallest absolute Gasteiger partial charge is 0.118 e. The van der Waals surface area contributed by atoms with Crippen molar-refractivity contribution in [3.63, 3.8) is 0 Å². The van der Waals surface area contributed by atoms with Gasteiger partial charge in [-0.2, -0.15) is 0 Å². The van der Waals surface area contributed by atoms with Crippen LogP contribution in [0, 0.1) is 6.92 Å². The van der Waals surface area contributed by atoms with Crippen LogP contribution in [0.25, 0.3) is 0 Å². The highest BCUT2D eigenvalue weighted by molar-refractivity contribution is 5.44. The van der Waals surface area contributed by atoms with E-state index in [1.807, 2.05) is 24.3 Å². The summed E-state index contributed by atoms with van der Waals surface area (Å²) in [5, 5.41) is 3.33. The monoisotopic (exact) mass is 271 g/mol. The zero-order chi connectivity index (χ0) is 14.2. The fourth-order valence-electron chi connectivity index (χ4n) is 1.85. The molecule has 0 aliphatic carbocycles. The molecule has 3 heteroatoms. The van der Waals surface area contributed by atoms with Crippen LogP contribution in [0.5, 0.6) is 5.75 Å². The molecule has 0 aromatic heterocycles. The van der Waals surface area contributed by atoms with E-state index in [1.54, 1.807) is 7.11 Å². The summed E-state index contributed by atoms with van der Waals surface area (Å²) in [6.45, 7) is 4.19. The molecule has 0 aliphatic rings. The number of benzene rings is 2. The van der Waals surface area contributed by atoms with Gasteiger partial charge in [0.05, 0.1) is 20.3 Å². The van der Waals surface area contributed by atoms with Crippen molar-refractivity contribution in [3.05, 3.63) is 59.7 Å². The van der Waals surface area contributed by atoms with E-state index in [0.29, 0.717) is 13.2 Å². The molecule has 0 amide bonds. The zero-order valence-electron chi connectivity index (χ0n) is 12.1. The average molecular weight is 271 g/mol. The number of methoxy groups -OCH3 is 1.